The van der Waals surface area contributed by atoms with E-state index in [1.807, 2.05) is 24.3 Å². The summed E-state index contributed by atoms with van der Waals surface area (Å²) in [4.78, 5) is 14.3. The molecule has 1 heterocycles. The summed E-state index contributed by atoms with van der Waals surface area (Å²) in [5.41, 5.74) is 2.11. The van der Waals surface area contributed by atoms with Crippen molar-refractivity contribution in [3.8, 4) is 0 Å². The Hall–Kier alpha value is -2.12. The molecule has 0 saturated carbocycles. The minimum Gasteiger partial charge on any atom is -0.378 e. The van der Waals surface area contributed by atoms with Gasteiger partial charge >= 0.3 is 0 Å². The molecule has 0 aromatic heterocycles. The van der Waals surface area contributed by atoms with Crippen molar-refractivity contribution in [2.75, 3.05) is 48.4 Å². The Morgan fingerprint density at radius 2 is 1.88 bits per heavy atom. The fraction of sp³-hybridized carbons (Fsp3) is 0.278. The minimum absolute atomic E-state index is 0.0102. The number of carbonyl (C=O) groups is 1. The highest BCUT2D eigenvalue weighted by Crippen LogP contribution is 2.20. The maximum absolute atomic E-state index is 13.7. The van der Waals surface area contributed by atoms with Gasteiger partial charge in [0.1, 0.15) is 5.82 Å². The van der Waals surface area contributed by atoms with Gasteiger partial charge in [-0.05, 0) is 42.5 Å². The summed E-state index contributed by atoms with van der Waals surface area (Å²) in [5, 5.41) is 5.59. The smallest absolute Gasteiger partial charge is 0.243 e. The Morgan fingerprint density at radius 3 is 2.56 bits per heavy atom. The summed E-state index contributed by atoms with van der Waals surface area (Å²) in [6.45, 7) is 3.19. The van der Waals surface area contributed by atoms with Gasteiger partial charge in [-0.25, -0.2) is 4.39 Å². The molecule has 7 heteroatoms. The molecule has 1 aliphatic heterocycles. The number of nitrogens with one attached hydrogen (secondary N) is 2. The Morgan fingerprint density at radius 1 is 1.16 bits per heavy atom. The van der Waals surface area contributed by atoms with Crippen molar-refractivity contribution < 1.29 is 13.9 Å². The van der Waals surface area contributed by atoms with E-state index < -0.39 is 5.82 Å². The second-order valence-corrected chi connectivity index (χ2v) is 6.59. The molecule has 2 aromatic carbocycles. The van der Waals surface area contributed by atoms with Crippen molar-refractivity contribution in [1.82, 2.24) is 0 Å². The lowest BCUT2D eigenvalue weighted by Gasteiger charge is -2.28. The number of anilines is 3. The molecule has 0 radical (unpaired) electrons. The second-order valence-electron chi connectivity index (χ2n) is 5.67. The van der Waals surface area contributed by atoms with Gasteiger partial charge in [-0.3, -0.25) is 4.79 Å². The quantitative estimate of drug-likeness (QED) is 0.796. The normalized spacial score (nSPS) is 14.2. The standard InChI is InChI=1S/C18H19BrFN3O2/c19-13-1-6-17(16(20)11-13)21-12-18(24)22-14-2-4-15(5-3-14)23-7-9-25-10-8-23/h1-6,11,21H,7-10,12H2,(H,22,24). The number of amides is 1. The molecular formula is C18H19BrFN3O2. The first kappa shape index (κ1) is 17.7. The highest BCUT2D eigenvalue weighted by Gasteiger charge is 2.11. The monoisotopic (exact) mass is 407 g/mol. The fourth-order valence-electron chi connectivity index (χ4n) is 2.59. The van der Waals surface area contributed by atoms with Gasteiger partial charge in [0.15, 0.2) is 0 Å². The highest BCUT2D eigenvalue weighted by molar-refractivity contribution is 9.10. The first-order valence-electron chi connectivity index (χ1n) is 8.03. The minimum atomic E-state index is -0.406. The third-order valence-electron chi connectivity index (χ3n) is 3.90. The van der Waals surface area contributed by atoms with Crippen LogP contribution >= 0.6 is 15.9 Å². The van der Waals surface area contributed by atoms with Crippen molar-refractivity contribution in [2.24, 2.45) is 0 Å². The van der Waals surface area contributed by atoms with Crippen LogP contribution in [0.1, 0.15) is 0 Å². The van der Waals surface area contributed by atoms with Crippen LogP contribution in [-0.2, 0) is 9.53 Å². The van der Waals surface area contributed by atoms with Gasteiger partial charge in [0.05, 0.1) is 25.4 Å². The van der Waals surface area contributed by atoms with Gasteiger partial charge in [-0.2, -0.15) is 0 Å². The third kappa shape index (κ3) is 4.93. The van der Waals surface area contributed by atoms with Crippen LogP contribution in [0.2, 0.25) is 0 Å². The maximum atomic E-state index is 13.7. The van der Waals surface area contributed by atoms with E-state index in [1.165, 1.54) is 6.07 Å². The predicted octanol–water partition coefficient (Wildman–Crippen LogP) is 3.48. The van der Waals surface area contributed by atoms with Gasteiger partial charge in [0.2, 0.25) is 5.91 Å². The molecule has 25 heavy (non-hydrogen) atoms. The lowest BCUT2D eigenvalue weighted by molar-refractivity contribution is -0.114. The molecule has 0 bridgehead atoms. The van der Waals surface area contributed by atoms with E-state index in [-0.39, 0.29) is 12.5 Å². The highest BCUT2D eigenvalue weighted by atomic mass is 79.9. The molecule has 3 rings (SSSR count). The summed E-state index contributed by atoms with van der Waals surface area (Å²) >= 11 is 3.20. The molecule has 0 atom stereocenters. The van der Waals surface area contributed by atoms with E-state index in [4.69, 9.17) is 4.74 Å². The van der Waals surface area contributed by atoms with Crippen molar-refractivity contribution in [1.29, 1.82) is 0 Å². The molecule has 0 aliphatic carbocycles. The molecule has 0 unspecified atom stereocenters. The first-order chi connectivity index (χ1) is 12.1. The number of nitrogens with zero attached hydrogens (tertiary/aromatic N) is 1. The molecule has 1 fully saturated rings. The van der Waals surface area contributed by atoms with Crippen LogP contribution in [0.5, 0.6) is 0 Å². The molecule has 0 spiro atoms. The Labute approximate surface area is 154 Å². The molecular weight excluding hydrogens is 389 g/mol. The van der Waals surface area contributed by atoms with Gasteiger partial charge in [0, 0.05) is 28.9 Å². The van der Waals surface area contributed by atoms with Gasteiger partial charge in [-0.1, -0.05) is 15.9 Å². The van der Waals surface area contributed by atoms with Crippen LogP contribution in [0.4, 0.5) is 21.5 Å². The number of hydrogen-bond donors (Lipinski definition) is 2. The Balaban J connectivity index is 1.52. The van der Waals surface area contributed by atoms with E-state index >= 15 is 0 Å². The summed E-state index contributed by atoms with van der Waals surface area (Å²) in [6.07, 6.45) is 0. The van der Waals surface area contributed by atoms with E-state index in [0.29, 0.717) is 15.8 Å². The second kappa shape index (κ2) is 8.31. The summed E-state index contributed by atoms with van der Waals surface area (Å²) in [6, 6.07) is 12.3. The average Bonchev–Trinajstić information content (AvgIpc) is 2.62. The Bertz CT molecular complexity index is 734. The maximum Gasteiger partial charge on any atom is 0.243 e. The molecule has 5 nitrogen and oxygen atoms in total. The van der Waals surface area contributed by atoms with Crippen LogP contribution in [0.15, 0.2) is 46.9 Å². The van der Waals surface area contributed by atoms with E-state index in [0.717, 1.165) is 32.0 Å². The summed E-state index contributed by atoms with van der Waals surface area (Å²) in [5.74, 6) is -0.640. The van der Waals surface area contributed by atoms with E-state index in [1.54, 1.807) is 12.1 Å². The van der Waals surface area contributed by atoms with Gasteiger partial charge in [-0.15, -0.1) is 0 Å². The number of rotatable bonds is 5. The van der Waals surface area contributed by atoms with Gasteiger partial charge < -0.3 is 20.3 Å². The molecule has 2 N–H and O–H groups in total. The lowest BCUT2D eigenvalue weighted by atomic mass is 10.2. The molecule has 1 amide bonds. The Kier molecular flexibility index (Phi) is 5.88. The zero-order valence-electron chi connectivity index (χ0n) is 13.6. The molecule has 2 aromatic rings. The molecule has 132 valence electrons. The van der Waals surface area contributed by atoms with Crippen molar-refractivity contribution >= 4 is 38.9 Å². The number of carbonyl (C=O) groups excluding carboxylic acids is 1. The summed E-state index contributed by atoms with van der Waals surface area (Å²) in [7, 11) is 0. The third-order valence-corrected chi connectivity index (χ3v) is 4.39. The topological polar surface area (TPSA) is 53.6 Å². The summed E-state index contributed by atoms with van der Waals surface area (Å²) < 4.78 is 19.7. The SMILES string of the molecule is O=C(CNc1ccc(Br)cc1F)Nc1ccc(N2CCOCC2)cc1. The number of hydrogen-bond acceptors (Lipinski definition) is 4. The predicted molar refractivity (Wildman–Crippen MR) is 101 cm³/mol. The molecule has 1 aliphatic rings. The van der Waals surface area contributed by atoms with E-state index in [2.05, 4.69) is 31.5 Å². The number of halogens is 2. The first-order valence-corrected chi connectivity index (χ1v) is 8.83. The fourth-order valence-corrected chi connectivity index (χ4v) is 2.92. The van der Waals surface area contributed by atoms with Crippen molar-refractivity contribution in [3.05, 3.63) is 52.8 Å². The van der Waals surface area contributed by atoms with Crippen LogP contribution in [0.3, 0.4) is 0 Å². The van der Waals surface area contributed by atoms with Crippen molar-refractivity contribution in [3.63, 3.8) is 0 Å². The zero-order valence-corrected chi connectivity index (χ0v) is 15.2. The van der Waals surface area contributed by atoms with Crippen LogP contribution in [0.25, 0.3) is 0 Å². The van der Waals surface area contributed by atoms with Crippen molar-refractivity contribution in [2.45, 2.75) is 0 Å². The van der Waals surface area contributed by atoms with Crippen LogP contribution in [0, 0.1) is 5.82 Å². The van der Waals surface area contributed by atoms with E-state index in [9.17, 15) is 9.18 Å². The lowest BCUT2D eigenvalue weighted by Crippen LogP contribution is -2.36. The number of morpholine rings is 1. The van der Waals surface area contributed by atoms with Crippen LogP contribution in [-0.4, -0.2) is 38.8 Å². The number of benzene rings is 2. The number of ether oxygens (including phenoxy) is 1. The van der Waals surface area contributed by atoms with Gasteiger partial charge in [0.25, 0.3) is 0 Å². The largest absolute Gasteiger partial charge is 0.378 e. The zero-order chi connectivity index (χ0) is 17.6. The average molecular weight is 408 g/mol. The van der Waals surface area contributed by atoms with Crippen LogP contribution < -0.4 is 15.5 Å². The molecule has 1 saturated heterocycles.